The molecular formula is C11H22O2. The highest BCUT2D eigenvalue weighted by atomic mass is 16.8. The van der Waals surface area contributed by atoms with E-state index in [2.05, 4.69) is 27.7 Å². The lowest BCUT2D eigenvalue weighted by Gasteiger charge is -2.16. The Bertz CT molecular complexity index is 153. The number of hydrogen-bond donors (Lipinski definition) is 0. The molecule has 13 heavy (non-hydrogen) atoms. The Balaban J connectivity index is 2.47. The van der Waals surface area contributed by atoms with Crippen LogP contribution in [0.4, 0.5) is 0 Å². The Morgan fingerprint density at radius 3 is 1.85 bits per heavy atom. The molecule has 0 aromatic carbocycles. The maximum absolute atomic E-state index is 5.65. The van der Waals surface area contributed by atoms with Crippen LogP contribution in [0, 0.1) is 11.8 Å². The van der Waals surface area contributed by atoms with E-state index in [1.54, 1.807) is 7.11 Å². The smallest absolute Gasteiger partial charge is 0.187 e. The van der Waals surface area contributed by atoms with E-state index in [1.807, 2.05) is 0 Å². The molecule has 0 spiro atoms. The lowest BCUT2D eigenvalue weighted by molar-refractivity contribution is 0.0950. The first-order valence-electron chi connectivity index (χ1n) is 5.21. The van der Waals surface area contributed by atoms with E-state index in [1.165, 1.54) is 0 Å². The van der Waals surface area contributed by atoms with Crippen molar-refractivity contribution in [2.24, 2.45) is 11.8 Å². The van der Waals surface area contributed by atoms with Crippen molar-refractivity contribution < 1.29 is 9.47 Å². The largest absolute Gasteiger partial charge is 0.353 e. The van der Waals surface area contributed by atoms with Gasteiger partial charge in [0.15, 0.2) is 6.29 Å². The Morgan fingerprint density at radius 2 is 1.62 bits per heavy atom. The van der Waals surface area contributed by atoms with Gasteiger partial charge in [0.1, 0.15) is 5.60 Å². The molecule has 0 bridgehead atoms. The summed E-state index contributed by atoms with van der Waals surface area (Å²) in [6, 6.07) is 0. The highest BCUT2D eigenvalue weighted by Gasteiger charge is 2.56. The van der Waals surface area contributed by atoms with Gasteiger partial charge in [0.25, 0.3) is 0 Å². The van der Waals surface area contributed by atoms with Crippen LogP contribution in [0.1, 0.15) is 40.5 Å². The number of methoxy groups -OCH3 is 1. The second-order valence-corrected chi connectivity index (χ2v) is 4.95. The number of epoxide rings is 1. The quantitative estimate of drug-likeness (QED) is 0.616. The lowest BCUT2D eigenvalue weighted by atomic mass is 9.89. The van der Waals surface area contributed by atoms with Gasteiger partial charge >= 0.3 is 0 Å². The standard InChI is InChI=1S/C11H22O2/c1-8(2)6-11(7-9(3)4)10(12-5)13-11/h8-10H,6-7H2,1-5H3. The molecule has 0 radical (unpaired) electrons. The van der Waals surface area contributed by atoms with Gasteiger partial charge < -0.3 is 9.47 Å². The lowest BCUT2D eigenvalue weighted by Crippen LogP contribution is -2.21. The van der Waals surface area contributed by atoms with Crippen LogP contribution >= 0.6 is 0 Å². The van der Waals surface area contributed by atoms with Crippen molar-refractivity contribution in [2.45, 2.75) is 52.4 Å². The molecule has 1 saturated heterocycles. The second kappa shape index (κ2) is 3.97. The maximum Gasteiger partial charge on any atom is 0.187 e. The highest BCUT2D eigenvalue weighted by Crippen LogP contribution is 2.46. The molecule has 1 heterocycles. The first-order valence-corrected chi connectivity index (χ1v) is 5.21. The van der Waals surface area contributed by atoms with Gasteiger partial charge in [-0.15, -0.1) is 0 Å². The number of rotatable bonds is 5. The minimum atomic E-state index is 0.0388. The molecular weight excluding hydrogens is 164 g/mol. The van der Waals surface area contributed by atoms with E-state index >= 15 is 0 Å². The van der Waals surface area contributed by atoms with Gasteiger partial charge in [0, 0.05) is 7.11 Å². The summed E-state index contributed by atoms with van der Waals surface area (Å²) in [7, 11) is 1.73. The third kappa shape index (κ3) is 2.68. The average Bonchev–Trinajstić information content (AvgIpc) is 2.59. The molecule has 1 rings (SSSR count). The summed E-state index contributed by atoms with van der Waals surface area (Å²) in [6.07, 6.45) is 2.28. The fourth-order valence-electron chi connectivity index (χ4n) is 2.20. The molecule has 0 aromatic heterocycles. The molecule has 78 valence electrons. The van der Waals surface area contributed by atoms with Crippen molar-refractivity contribution in [3.63, 3.8) is 0 Å². The number of hydrogen-bond acceptors (Lipinski definition) is 2. The predicted octanol–water partition coefficient (Wildman–Crippen LogP) is 2.82. The molecule has 1 atom stereocenters. The van der Waals surface area contributed by atoms with E-state index in [4.69, 9.17) is 9.47 Å². The van der Waals surface area contributed by atoms with E-state index in [-0.39, 0.29) is 11.9 Å². The number of ether oxygens (including phenoxy) is 2. The van der Waals surface area contributed by atoms with Crippen LogP contribution in [-0.4, -0.2) is 19.0 Å². The Morgan fingerprint density at radius 1 is 1.15 bits per heavy atom. The Kier molecular flexibility index (Phi) is 3.36. The fraction of sp³-hybridized carbons (Fsp3) is 1.00. The summed E-state index contributed by atoms with van der Waals surface area (Å²) in [5.74, 6) is 1.36. The van der Waals surface area contributed by atoms with Gasteiger partial charge in [0.2, 0.25) is 0 Å². The van der Waals surface area contributed by atoms with E-state index < -0.39 is 0 Å². The van der Waals surface area contributed by atoms with E-state index in [9.17, 15) is 0 Å². The van der Waals surface area contributed by atoms with E-state index in [0.29, 0.717) is 11.8 Å². The minimum absolute atomic E-state index is 0.0388. The first kappa shape index (κ1) is 11.0. The van der Waals surface area contributed by atoms with Gasteiger partial charge in [-0.1, -0.05) is 27.7 Å². The Labute approximate surface area is 81.6 Å². The molecule has 1 fully saturated rings. The molecule has 2 heteroatoms. The fourth-order valence-corrected chi connectivity index (χ4v) is 2.20. The zero-order valence-corrected chi connectivity index (χ0v) is 9.46. The van der Waals surface area contributed by atoms with Crippen molar-refractivity contribution >= 4 is 0 Å². The molecule has 1 unspecified atom stereocenters. The third-order valence-corrected chi connectivity index (χ3v) is 2.44. The summed E-state index contributed by atoms with van der Waals surface area (Å²) in [6.45, 7) is 8.93. The molecule has 0 aromatic rings. The zero-order valence-electron chi connectivity index (χ0n) is 9.46. The van der Waals surface area contributed by atoms with Gasteiger partial charge in [-0.2, -0.15) is 0 Å². The second-order valence-electron chi connectivity index (χ2n) is 4.95. The summed E-state index contributed by atoms with van der Waals surface area (Å²) >= 11 is 0. The summed E-state index contributed by atoms with van der Waals surface area (Å²) < 4.78 is 10.9. The summed E-state index contributed by atoms with van der Waals surface area (Å²) in [5.41, 5.74) is 0.0388. The van der Waals surface area contributed by atoms with Crippen molar-refractivity contribution in [3.8, 4) is 0 Å². The van der Waals surface area contributed by atoms with Crippen LogP contribution in [0.25, 0.3) is 0 Å². The van der Waals surface area contributed by atoms with Crippen molar-refractivity contribution in [3.05, 3.63) is 0 Å². The van der Waals surface area contributed by atoms with Gasteiger partial charge in [-0.25, -0.2) is 0 Å². The SMILES string of the molecule is COC1OC1(CC(C)C)CC(C)C. The van der Waals surface area contributed by atoms with Gasteiger partial charge in [0.05, 0.1) is 0 Å². The normalized spacial score (nSPS) is 25.6. The first-order chi connectivity index (χ1) is 6.00. The predicted molar refractivity (Wildman–Crippen MR) is 53.5 cm³/mol. The van der Waals surface area contributed by atoms with Crippen molar-refractivity contribution in [2.75, 3.05) is 7.11 Å². The van der Waals surface area contributed by atoms with Gasteiger partial charge in [-0.3, -0.25) is 0 Å². The molecule has 1 aliphatic rings. The van der Waals surface area contributed by atoms with Crippen molar-refractivity contribution in [1.82, 2.24) is 0 Å². The monoisotopic (exact) mass is 186 g/mol. The molecule has 1 aliphatic heterocycles. The molecule has 0 N–H and O–H groups in total. The highest BCUT2D eigenvalue weighted by molar-refractivity contribution is 4.98. The van der Waals surface area contributed by atoms with Crippen molar-refractivity contribution in [1.29, 1.82) is 0 Å². The maximum atomic E-state index is 5.65. The van der Waals surface area contributed by atoms with Gasteiger partial charge in [-0.05, 0) is 24.7 Å². The van der Waals surface area contributed by atoms with Crippen LogP contribution in [0.3, 0.4) is 0 Å². The summed E-state index contributed by atoms with van der Waals surface area (Å²) in [5, 5.41) is 0. The van der Waals surface area contributed by atoms with E-state index in [0.717, 1.165) is 12.8 Å². The van der Waals surface area contributed by atoms with Crippen LogP contribution in [0.5, 0.6) is 0 Å². The molecule has 0 amide bonds. The summed E-state index contributed by atoms with van der Waals surface area (Å²) in [4.78, 5) is 0. The van der Waals surface area contributed by atoms with Crippen LogP contribution < -0.4 is 0 Å². The molecule has 0 aliphatic carbocycles. The zero-order chi connectivity index (χ0) is 10.1. The third-order valence-electron chi connectivity index (χ3n) is 2.44. The van der Waals surface area contributed by atoms with Crippen LogP contribution in [-0.2, 0) is 9.47 Å². The average molecular weight is 186 g/mol. The minimum Gasteiger partial charge on any atom is -0.353 e. The molecule has 2 nitrogen and oxygen atoms in total. The van der Waals surface area contributed by atoms with Crippen LogP contribution in [0.15, 0.2) is 0 Å². The topological polar surface area (TPSA) is 21.8 Å². The van der Waals surface area contributed by atoms with Crippen LogP contribution in [0.2, 0.25) is 0 Å². The molecule has 0 saturated carbocycles. The Hall–Kier alpha value is -0.0800.